The van der Waals surface area contributed by atoms with E-state index in [-0.39, 0.29) is 0 Å². The molecule has 0 unspecified atom stereocenters. The van der Waals surface area contributed by atoms with E-state index in [0.717, 1.165) is 29.2 Å². The van der Waals surface area contributed by atoms with E-state index < -0.39 is 11.7 Å². The van der Waals surface area contributed by atoms with Gasteiger partial charge >= 0.3 is 6.18 Å². The molecular weight excluding hydrogens is 315 g/mol. The van der Waals surface area contributed by atoms with Crippen molar-refractivity contribution in [2.75, 3.05) is 11.9 Å². The third-order valence-corrected chi connectivity index (χ3v) is 3.61. The number of nitrogens with zero attached hydrogens (tertiary/aromatic N) is 2. The number of benzene rings is 2. The lowest BCUT2D eigenvalue weighted by molar-refractivity contribution is -0.137. The average Bonchev–Trinajstić information content (AvgIpc) is 3.04. The van der Waals surface area contributed by atoms with Crippen molar-refractivity contribution in [3.8, 4) is 5.69 Å². The van der Waals surface area contributed by atoms with Crippen LogP contribution in [0.5, 0.6) is 0 Å². The predicted molar refractivity (Wildman–Crippen MR) is 87.2 cm³/mol. The van der Waals surface area contributed by atoms with Gasteiger partial charge in [-0.15, -0.1) is 0 Å². The van der Waals surface area contributed by atoms with E-state index in [1.807, 2.05) is 42.6 Å². The van der Waals surface area contributed by atoms with Crippen LogP contribution in [-0.2, 0) is 12.6 Å². The summed E-state index contributed by atoms with van der Waals surface area (Å²) in [6.07, 6.45) is -1.81. The van der Waals surface area contributed by atoms with E-state index in [9.17, 15) is 13.2 Å². The minimum atomic E-state index is -4.29. The lowest BCUT2D eigenvalue weighted by atomic mass is 10.1. The SMILES string of the molecule is FC(F)(F)c1ccc(CCNc2ccn(-c3ccccc3)n2)cc1. The number of halogens is 3. The van der Waals surface area contributed by atoms with Gasteiger partial charge < -0.3 is 5.32 Å². The molecule has 6 heteroatoms. The third kappa shape index (κ3) is 3.95. The van der Waals surface area contributed by atoms with Gasteiger partial charge in [-0.05, 0) is 36.2 Å². The van der Waals surface area contributed by atoms with Crippen molar-refractivity contribution in [3.63, 3.8) is 0 Å². The van der Waals surface area contributed by atoms with Gasteiger partial charge in [0.25, 0.3) is 0 Å². The van der Waals surface area contributed by atoms with Crippen LogP contribution >= 0.6 is 0 Å². The molecule has 2 aromatic carbocycles. The van der Waals surface area contributed by atoms with Gasteiger partial charge in [0.15, 0.2) is 0 Å². The molecule has 124 valence electrons. The minimum Gasteiger partial charge on any atom is -0.368 e. The second-order valence-corrected chi connectivity index (χ2v) is 5.35. The van der Waals surface area contributed by atoms with Gasteiger partial charge in [0.1, 0.15) is 5.82 Å². The Hall–Kier alpha value is -2.76. The molecule has 1 N–H and O–H groups in total. The van der Waals surface area contributed by atoms with Crippen molar-refractivity contribution in [2.45, 2.75) is 12.6 Å². The Morgan fingerprint density at radius 1 is 0.917 bits per heavy atom. The second-order valence-electron chi connectivity index (χ2n) is 5.35. The van der Waals surface area contributed by atoms with E-state index in [4.69, 9.17) is 0 Å². The van der Waals surface area contributed by atoms with Crippen LogP contribution in [0.1, 0.15) is 11.1 Å². The Morgan fingerprint density at radius 2 is 1.62 bits per heavy atom. The molecule has 0 fully saturated rings. The van der Waals surface area contributed by atoms with Gasteiger partial charge in [-0.25, -0.2) is 4.68 Å². The van der Waals surface area contributed by atoms with E-state index >= 15 is 0 Å². The fourth-order valence-corrected chi connectivity index (χ4v) is 2.34. The van der Waals surface area contributed by atoms with Crippen LogP contribution in [0.2, 0.25) is 0 Å². The lowest BCUT2D eigenvalue weighted by Gasteiger charge is -2.08. The molecule has 0 aliphatic rings. The number of para-hydroxylation sites is 1. The molecule has 0 aliphatic carbocycles. The highest BCUT2D eigenvalue weighted by Crippen LogP contribution is 2.29. The van der Waals surface area contributed by atoms with Crippen molar-refractivity contribution in [3.05, 3.63) is 78.0 Å². The van der Waals surface area contributed by atoms with Gasteiger partial charge in [0.2, 0.25) is 0 Å². The smallest absolute Gasteiger partial charge is 0.368 e. The Balaban J connectivity index is 1.54. The Kier molecular flexibility index (Phi) is 4.55. The number of hydrogen-bond acceptors (Lipinski definition) is 2. The van der Waals surface area contributed by atoms with Gasteiger partial charge in [-0.2, -0.15) is 18.3 Å². The zero-order valence-corrected chi connectivity index (χ0v) is 12.8. The number of anilines is 1. The molecule has 0 saturated heterocycles. The second kappa shape index (κ2) is 6.78. The molecule has 0 radical (unpaired) electrons. The largest absolute Gasteiger partial charge is 0.416 e. The zero-order valence-electron chi connectivity index (χ0n) is 12.8. The van der Waals surface area contributed by atoms with Crippen LogP contribution in [0, 0.1) is 0 Å². The zero-order chi connectivity index (χ0) is 17.0. The van der Waals surface area contributed by atoms with Crippen molar-refractivity contribution >= 4 is 5.82 Å². The van der Waals surface area contributed by atoms with Gasteiger partial charge in [0.05, 0.1) is 11.3 Å². The Morgan fingerprint density at radius 3 is 2.29 bits per heavy atom. The summed E-state index contributed by atoms with van der Waals surface area (Å²) in [5.41, 5.74) is 1.19. The number of hydrogen-bond donors (Lipinski definition) is 1. The first-order valence-corrected chi connectivity index (χ1v) is 7.53. The van der Waals surface area contributed by atoms with E-state index in [2.05, 4.69) is 10.4 Å². The molecule has 24 heavy (non-hydrogen) atoms. The van der Waals surface area contributed by atoms with Crippen molar-refractivity contribution < 1.29 is 13.2 Å². The Bertz CT molecular complexity index is 777. The van der Waals surface area contributed by atoms with E-state index in [1.165, 1.54) is 12.1 Å². The molecule has 0 spiro atoms. The molecule has 1 heterocycles. The van der Waals surface area contributed by atoms with Crippen LogP contribution in [0.25, 0.3) is 5.69 Å². The van der Waals surface area contributed by atoms with Crippen molar-refractivity contribution in [1.82, 2.24) is 9.78 Å². The first-order chi connectivity index (χ1) is 11.5. The third-order valence-electron chi connectivity index (χ3n) is 3.61. The summed E-state index contributed by atoms with van der Waals surface area (Å²) in [5, 5.41) is 7.59. The summed E-state index contributed by atoms with van der Waals surface area (Å²) in [4.78, 5) is 0. The lowest BCUT2D eigenvalue weighted by Crippen LogP contribution is -2.07. The maximum atomic E-state index is 12.5. The van der Waals surface area contributed by atoms with Gasteiger partial charge in [-0.3, -0.25) is 0 Å². The highest BCUT2D eigenvalue weighted by molar-refractivity contribution is 5.38. The molecule has 0 atom stereocenters. The molecular formula is C18H16F3N3. The summed E-state index contributed by atoms with van der Waals surface area (Å²) in [6.45, 7) is 0.594. The molecule has 1 aromatic heterocycles. The van der Waals surface area contributed by atoms with Crippen LogP contribution in [0.4, 0.5) is 19.0 Å². The molecule has 0 amide bonds. The molecule has 0 saturated carbocycles. The maximum Gasteiger partial charge on any atom is 0.416 e. The quantitative estimate of drug-likeness (QED) is 0.743. The number of nitrogens with one attached hydrogen (secondary N) is 1. The predicted octanol–water partition coefficient (Wildman–Crippen LogP) is 4.55. The van der Waals surface area contributed by atoms with Crippen LogP contribution in [-0.4, -0.2) is 16.3 Å². The molecule has 0 aliphatic heterocycles. The molecule has 3 nitrogen and oxygen atoms in total. The highest BCUT2D eigenvalue weighted by atomic mass is 19.4. The monoisotopic (exact) mass is 331 g/mol. The fourth-order valence-electron chi connectivity index (χ4n) is 2.34. The van der Waals surface area contributed by atoms with Crippen LogP contribution < -0.4 is 5.32 Å². The number of rotatable bonds is 5. The van der Waals surface area contributed by atoms with E-state index in [0.29, 0.717) is 13.0 Å². The summed E-state index contributed by atoms with van der Waals surface area (Å²) < 4.78 is 39.3. The molecule has 3 aromatic rings. The summed E-state index contributed by atoms with van der Waals surface area (Å²) in [6, 6.07) is 16.8. The summed E-state index contributed by atoms with van der Waals surface area (Å²) >= 11 is 0. The van der Waals surface area contributed by atoms with Gasteiger partial charge in [0, 0.05) is 18.8 Å². The minimum absolute atomic E-state index is 0.594. The van der Waals surface area contributed by atoms with Crippen molar-refractivity contribution in [1.29, 1.82) is 0 Å². The first kappa shape index (κ1) is 16.1. The van der Waals surface area contributed by atoms with Crippen LogP contribution in [0.15, 0.2) is 66.9 Å². The standard InChI is InChI=1S/C18H16F3N3/c19-18(20,21)15-8-6-14(7-9-15)10-12-22-17-11-13-24(23-17)16-4-2-1-3-5-16/h1-9,11,13H,10,12H2,(H,22,23). The summed E-state index contributed by atoms with van der Waals surface area (Å²) in [7, 11) is 0. The molecule has 0 bridgehead atoms. The first-order valence-electron chi connectivity index (χ1n) is 7.53. The topological polar surface area (TPSA) is 29.9 Å². The average molecular weight is 331 g/mol. The number of aromatic nitrogens is 2. The maximum absolute atomic E-state index is 12.5. The summed E-state index contributed by atoms with van der Waals surface area (Å²) in [5.74, 6) is 0.728. The molecule has 3 rings (SSSR count). The highest BCUT2D eigenvalue weighted by Gasteiger charge is 2.29. The number of alkyl halides is 3. The van der Waals surface area contributed by atoms with Crippen molar-refractivity contribution in [2.24, 2.45) is 0 Å². The fraction of sp³-hybridized carbons (Fsp3) is 0.167. The van der Waals surface area contributed by atoms with E-state index in [1.54, 1.807) is 4.68 Å². The normalized spacial score (nSPS) is 11.5. The Labute approximate surface area is 137 Å². The van der Waals surface area contributed by atoms with Crippen LogP contribution in [0.3, 0.4) is 0 Å². The van der Waals surface area contributed by atoms with Gasteiger partial charge in [-0.1, -0.05) is 30.3 Å².